The molecule has 7 heteroatoms. The molecule has 0 atom stereocenters. The molecule has 31 heavy (non-hydrogen) atoms. The second-order valence-corrected chi connectivity index (χ2v) is 7.62. The maximum atomic E-state index is 13.8. The normalized spacial score (nSPS) is 13.8. The van der Waals surface area contributed by atoms with Crippen molar-refractivity contribution < 1.29 is 23.5 Å². The summed E-state index contributed by atoms with van der Waals surface area (Å²) in [6.07, 6.45) is 1.98. The van der Waals surface area contributed by atoms with Crippen molar-refractivity contribution in [2.24, 2.45) is 0 Å². The van der Waals surface area contributed by atoms with E-state index in [2.05, 4.69) is 6.92 Å². The molecule has 2 amide bonds. The second kappa shape index (κ2) is 10.3. The first-order chi connectivity index (χ1) is 14.9. The van der Waals surface area contributed by atoms with Gasteiger partial charge in [0.05, 0.1) is 13.7 Å². The lowest BCUT2D eigenvalue weighted by Crippen LogP contribution is -2.50. The highest BCUT2D eigenvalue weighted by atomic mass is 19.1. The Kier molecular flexibility index (Phi) is 7.50. The Labute approximate surface area is 182 Å². The molecule has 6 nitrogen and oxygen atoms in total. The van der Waals surface area contributed by atoms with E-state index < -0.39 is 5.82 Å². The molecule has 0 unspecified atom stereocenters. The van der Waals surface area contributed by atoms with E-state index in [1.54, 1.807) is 54.2 Å². The summed E-state index contributed by atoms with van der Waals surface area (Å²) < 4.78 is 24.9. The number of hydrogen-bond acceptors (Lipinski definition) is 4. The van der Waals surface area contributed by atoms with E-state index in [1.165, 1.54) is 6.07 Å². The molecule has 3 rings (SSSR count). The summed E-state index contributed by atoms with van der Waals surface area (Å²) in [7, 11) is 1.55. The van der Waals surface area contributed by atoms with E-state index >= 15 is 0 Å². The van der Waals surface area contributed by atoms with Crippen LogP contribution in [0, 0.1) is 12.7 Å². The predicted molar refractivity (Wildman–Crippen MR) is 116 cm³/mol. The lowest BCUT2D eigenvalue weighted by Gasteiger charge is -2.35. The third kappa shape index (κ3) is 5.34. The zero-order chi connectivity index (χ0) is 22.4. The Bertz CT molecular complexity index is 939. The number of carbonyl (C=O) groups excluding carboxylic acids is 2. The third-order valence-electron chi connectivity index (χ3n) is 5.44. The molecule has 0 bridgehead atoms. The number of hydrogen-bond donors (Lipinski definition) is 0. The summed E-state index contributed by atoms with van der Waals surface area (Å²) >= 11 is 0. The molecule has 0 aliphatic carbocycles. The molecular weight excluding hydrogens is 399 g/mol. The average molecular weight is 429 g/mol. The van der Waals surface area contributed by atoms with Gasteiger partial charge in [-0.3, -0.25) is 9.59 Å². The first-order valence-corrected chi connectivity index (χ1v) is 10.6. The van der Waals surface area contributed by atoms with Crippen molar-refractivity contribution in [3.05, 3.63) is 58.9 Å². The number of rotatable bonds is 7. The monoisotopic (exact) mass is 428 g/mol. The molecule has 1 aliphatic rings. The molecule has 0 radical (unpaired) electrons. The fourth-order valence-corrected chi connectivity index (χ4v) is 3.45. The first-order valence-electron chi connectivity index (χ1n) is 10.6. The van der Waals surface area contributed by atoms with Crippen LogP contribution < -0.4 is 9.47 Å². The standard InChI is InChI=1S/C24H29FN2O4/c1-4-5-14-31-21-9-8-19(16-22(21)30-3)24(29)27-12-10-26(11-13-27)23(28)18-7-6-17(2)20(25)15-18/h6-9,15-16H,4-5,10-14H2,1-3H3. The van der Waals surface area contributed by atoms with Gasteiger partial charge in [0, 0.05) is 37.3 Å². The number of nitrogens with zero attached hydrogens (tertiary/aromatic N) is 2. The summed E-state index contributed by atoms with van der Waals surface area (Å²) in [5.74, 6) is 0.411. The van der Waals surface area contributed by atoms with Gasteiger partial charge in [-0.25, -0.2) is 4.39 Å². The van der Waals surface area contributed by atoms with E-state index in [1.807, 2.05) is 0 Å². The summed E-state index contributed by atoms with van der Waals surface area (Å²) in [5, 5.41) is 0. The van der Waals surface area contributed by atoms with Crippen molar-refractivity contribution in [2.75, 3.05) is 39.9 Å². The number of amides is 2. The number of ether oxygens (including phenoxy) is 2. The Morgan fingerprint density at radius 3 is 2.06 bits per heavy atom. The zero-order valence-electron chi connectivity index (χ0n) is 18.3. The number of benzene rings is 2. The van der Waals surface area contributed by atoms with Crippen molar-refractivity contribution in [2.45, 2.75) is 26.7 Å². The van der Waals surface area contributed by atoms with Crippen molar-refractivity contribution in [1.82, 2.24) is 9.80 Å². The minimum absolute atomic E-state index is 0.119. The molecule has 0 spiro atoms. The number of unbranched alkanes of at least 4 members (excludes halogenated alkanes) is 1. The van der Waals surface area contributed by atoms with E-state index in [4.69, 9.17) is 9.47 Å². The van der Waals surface area contributed by atoms with Gasteiger partial charge in [0.15, 0.2) is 11.5 Å². The van der Waals surface area contributed by atoms with Crippen molar-refractivity contribution in [1.29, 1.82) is 0 Å². The van der Waals surface area contributed by atoms with Crippen LogP contribution in [0.5, 0.6) is 11.5 Å². The van der Waals surface area contributed by atoms with Crippen LogP contribution >= 0.6 is 0 Å². The van der Waals surface area contributed by atoms with Gasteiger partial charge in [-0.15, -0.1) is 0 Å². The SMILES string of the molecule is CCCCOc1ccc(C(=O)N2CCN(C(=O)c3ccc(C)c(F)c3)CC2)cc1OC. The summed E-state index contributed by atoms with van der Waals surface area (Å²) in [6, 6.07) is 9.69. The fraction of sp³-hybridized carbons (Fsp3) is 0.417. The molecule has 1 fully saturated rings. The van der Waals surface area contributed by atoms with Gasteiger partial charge in [-0.05, 0) is 49.2 Å². The molecule has 1 aliphatic heterocycles. The maximum Gasteiger partial charge on any atom is 0.254 e. The number of carbonyl (C=O) groups is 2. The number of aryl methyl sites for hydroxylation is 1. The van der Waals surface area contributed by atoms with Crippen LogP contribution in [0.15, 0.2) is 36.4 Å². The van der Waals surface area contributed by atoms with Crippen molar-refractivity contribution >= 4 is 11.8 Å². The number of piperazine rings is 1. The second-order valence-electron chi connectivity index (χ2n) is 7.62. The highest BCUT2D eigenvalue weighted by Crippen LogP contribution is 2.29. The minimum atomic E-state index is -0.393. The molecular formula is C24H29FN2O4. The van der Waals surface area contributed by atoms with Gasteiger partial charge in [0.2, 0.25) is 0 Å². The van der Waals surface area contributed by atoms with Crippen molar-refractivity contribution in [3.63, 3.8) is 0 Å². The fourth-order valence-electron chi connectivity index (χ4n) is 3.45. The first kappa shape index (κ1) is 22.6. The quantitative estimate of drug-likeness (QED) is 0.628. The van der Waals surface area contributed by atoms with Gasteiger partial charge in [-0.2, -0.15) is 0 Å². The maximum absolute atomic E-state index is 13.8. The third-order valence-corrected chi connectivity index (χ3v) is 5.44. The Morgan fingerprint density at radius 1 is 0.935 bits per heavy atom. The Hall–Kier alpha value is -3.09. The molecule has 1 saturated heterocycles. The van der Waals surface area contributed by atoms with Crippen LogP contribution in [0.1, 0.15) is 46.0 Å². The largest absolute Gasteiger partial charge is 0.493 e. The molecule has 0 aromatic heterocycles. The predicted octanol–water partition coefficient (Wildman–Crippen LogP) is 3.92. The van der Waals surface area contributed by atoms with Crippen LogP contribution in [0.3, 0.4) is 0 Å². The van der Waals surface area contributed by atoms with Gasteiger partial charge in [0.25, 0.3) is 11.8 Å². The summed E-state index contributed by atoms with van der Waals surface area (Å²) in [5.41, 5.74) is 1.34. The van der Waals surface area contributed by atoms with Crippen molar-refractivity contribution in [3.8, 4) is 11.5 Å². The zero-order valence-corrected chi connectivity index (χ0v) is 18.3. The molecule has 2 aromatic rings. The van der Waals surface area contributed by atoms with Gasteiger partial charge in [0.1, 0.15) is 5.82 Å². The van der Waals surface area contributed by atoms with E-state index in [0.29, 0.717) is 61.0 Å². The topological polar surface area (TPSA) is 59.1 Å². The van der Waals surface area contributed by atoms with E-state index in [9.17, 15) is 14.0 Å². The van der Waals surface area contributed by atoms with Crippen LogP contribution in [-0.4, -0.2) is 61.5 Å². The molecule has 0 saturated carbocycles. The highest BCUT2D eigenvalue weighted by molar-refractivity contribution is 5.96. The van der Waals surface area contributed by atoms with Gasteiger partial charge in [-0.1, -0.05) is 19.4 Å². The molecule has 1 heterocycles. The van der Waals surface area contributed by atoms with Crippen LogP contribution in [-0.2, 0) is 0 Å². The molecule has 0 N–H and O–H groups in total. The lowest BCUT2D eigenvalue weighted by molar-refractivity contribution is 0.0535. The molecule has 2 aromatic carbocycles. The van der Waals surface area contributed by atoms with Crippen LogP contribution in [0.25, 0.3) is 0 Å². The average Bonchev–Trinajstić information content (AvgIpc) is 2.80. The highest BCUT2D eigenvalue weighted by Gasteiger charge is 2.26. The lowest BCUT2D eigenvalue weighted by atomic mass is 10.1. The Balaban J connectivity index is 1.61. The minimum Gasteiger partial charge on any atom is -0.493 e. The number of halogens is 1. The van der Waals surface area contributed by atoms with Gasteiger partial charge < -0.3 is 19.3 Å². The van der Waals surface area contributed by atoms with E-state index in [-0.39, 0.29) is 11.8 Å². The smallest absolute Gasteiger partial charge is 0.254 e. The van der Waals surface area contributed by atoms with E-state index in [0.717, 1.165) is 12.8 Å². The Morgan fingerprint density at radius 2 is 1.52 bits per heavy atom. The van der Waals surface area contributed by atoms with Crippen LogP contribution in [0.2, 0.25) is 0 Å². The summed E-state index contributed by atoms with van der Waals surface area (Å²) in [4.78, 5) is 29.0. The van der Waals surface area contributed by atoms with Crippen LogP contribution in [0.4, 0.5) is 4.39 Å². The number of methoxy groups -OCH3 is 1. The van der Waals surface area contributed by atoms with Gasteiger partial charge >= 0.3 is 0 Å². The molecule has 166 valence electrons. The summed E-state index contributed by atoms with van der Waals surface area (Å²) in [6.45, 7) is 5.97.